The van der Waals surface area contributed by atoms with E-state index in [4.69, 9.17) is 14.9 Å². The molecule has 32 heavy (non-hydrogen) atoms. The summed E-state index contributed by atoms with van der Waals surface area (Å²) in [6, 6.07) is 0. The molecular formula is C24H37N3O3SSi. The third kappa shape index (κ3) is 4.73. The lowest BCUT2D eigenvalue weighted by molar-refractivity contribution is -0.125. The van der Waals surface area contributed by atoms with Gasteiger partial charge < -0.3 is 14.9 Å². The van der Waals surface area contributed by atoms with Gasteiger partial charge in [-0.05, 0) is 74.6 Å². The number of fused-ring (bicyclic) bond motifs is 3. The van der Waals surface area contributed by atoms with Crippen LogP contribution in [0.15, 0.2) is 6.33 Å². The third-order valence-corrected chi connectivity index (χ3v) is 13.2. The average molecular weight is 476 g/mol. The largest absolute Gasteiger partial charge is 0.474 e. The molecule has 0 radical (unpaired) electrons. The molecule has 6 nitrogen and oxygen atoms in total. The fraction of sp³-hybridized carbons (Fsp3) is 0.708. The molecule has 0 aliphatic heterocycles. The number of hydrogen-bond donors (Lipinski definition) is 1. The molecule has 0 bridgehead atoms. The molecule has 4 rings (SSSR count). The lowest BCUT2D eigenvalue weighted by Gasteiger charge is -2.39. The van der Waals surface area contributed by atoms with E-state index in [1.165, 1.54) is 29.7 Å². The molecule has 0 spiro atoms. The minimum absolute atomic E-state index is 0.0193. The number of thiophene rings is 1. The monoisotopic (exact) mass is 475 g/mol. The molecule has 2 aromatic rings. The zero-order valence-corrected chi connectivity index (χ0v) is 21.9. The number of hydrogen-bond acceptors (Lipinski definition) is 6. The molecule has 2 N–H and O–H groups in total. The highest BCUT2D eigenvalue weighted by Gasteiger charge is 2.42. The summed E-state index contributed by atoms with van der Waals surface area (Å²) in [6.45, 7) is 10.9. The van der Waals surface area contributed by atoms with Gasteiger partial charge in [0.25, 0.3) is 0 Å². The van der Waals surface area contributed by atoms with E-state index in [1.807, 2.05) is 0 Å². The van der Waals surface area contributed by atoms with Gasteiger partial charge in [-0.1, -0.05) is 27.2 Å². The summed E-state index contributed by atoms with van der Waals surface area (Å²) in [5.41, 5.74) is 7.10. The number of carbonyl (C=O) groups is 1. The van der Waals surface area contributed by atoms with Gasteiger partial charge in [-0.3, -0.25) is 4.79 Å². The number of aromatic nitrogens is 2. The summed E-state index contributed by atoms with van der Waals surface area (Å²) in [5.74, 6) is 0.561. The molecule has 0 aromatic carbocycles. The summed E-state index contributed by atoms with van der Waals surface area (Å²) in [7, 11) is -2.12. The molecule has 2 aliphatic rings. The predicted octanol–water partition coefficient (Wildman–Crippen LogP) is 5.70. The van der Waals surface area contributed by atoms with E-state index in [2.05, 4.69) is 43.8 Å². The van der Waals surface area contributed by atoms with Gasteiger partial charge in [0.2, 0.25) is 11.8 Å². The van der Waals surface area contributed by atoms with Crippen LogP contribution in [0.25, 0.3) is 10.2 Å². The third-order valence-electron chi connectivity index (χ3n) is 7.58. The highest BCUT2D eigenvalue weighted by Crippen LogP contribution is 2.48. The van der Waals surface area contributed by atoms with Crippen molar-refractivity contribution in [1.82, 2.24) is 9.97 Å². The maximum atomic E-state index is 12.4. The molecule has 2 aromatic heterocycles. The molecule has 1 fully saturated rings. The van der Waals surface area contributed by atoms with Gasteiger partial charge in [0.05, 0.1) is 5.39 Å². The summed E-state index contributed by atoms with van der Waals surface area (Å²) in [4.78, 5) is 23.8. The van der Waals surface area contributed by atoms with Crippen molar-refractivity contribution in [2.45, 2.75) is 108 Å². The number of amides is 1. The molecule has 1 unspecified atom stereocenters. The van der Waals surface area contributed by atoms with Crippen molar-refractivity contribution in [2.75, 3.05) is 0 Å². The number of carbonyl (C=O) groups excluding carboxylic acids is 1. The zero-order chi connectivity index (χ0) is 23.1. The Morgan fingerprint density at radius 2 is 1.94 bits per heavy atom. The van der Waals surface area contributed by atoms with E-state index in [0.29, 0.717) is 12.3 Å². The Morgan fingerprint density at radius 3 is 2.59 bits per heavy atom. The standard InChI is InChI=1S/C24H37N3O3SSi/c1-24(2,3)32(4,5)30-17(21(25)28)13-15-11-12-18-19(15)20-22(26-14-27-23(20)31-18)29-16-9-7-6-8-10-16/h14-17H,6-13H2,1-5H3,(H2,25,28)/t15-,17?/m1/s1. The van der Waals surface area contributed by atoms with Crippen LogP contribution in [-0.4, -0.2) is 36.4 Å². The summed E-state index contributed by atoms with van der Waals surface area (Å²) in [5, 5.41) is 1.07. The first-order valence-electron chi connectivity index (χ1n) is 12.0. The van der Waals surface area contributed by atoms with Crippen molar-refractivity contribution in [3.05, 3.63) is 16.8 Å². The SMILES string of the molecule is CC(C)(C)[Si](C)(C)OC(C[C@H]1CCc2sc3ncnc(OC4CCCCC4)c3c21)C(N)=O. The lowest BCUT2D eigenvalue weighted by Crippen LogP contribution is -2.48. The normalized spacial score (nSPS) is 21.0. The summed E-state index contributed by atoms with van der Waals surface area (Å²) in [6.07, 6.45) is 9.78. The van der Waals surface area contributed by atoms with E-state index in [-0.39, 0.29) is 23.0 Å². The average Bonchev–Trinajstić information content (AvgIpc) is 3.27. The van der Waals surface area contributed by atoms with Crippen LogP contribution in [0.1, 0.15) is 82.1 Å². The highest BCUT2D eigenvalue weighted by molar-refractivity contribution is 7.19. The van der Waals surface area contributed by atoms with Crippen LogP contribution in [0, 0.1) is 0 Å². The smallest absolute Gasteiger partial charge is 0.245 e. The Bertz CT molecular complexity index is 979. The number of aryl methyl sites for hydroxylation is 1. The van der Waals surface area contributed by atoms with E-state index >= 15 is 0 Å². The second-order valence-corrected chi connectivity index (χ2v) is 16.8. The number of rotatable bonds is 7. The van der Waals surface area contributed by atoms with Gasteiger partial charge in [0.15, 0.2) is 8.32 Å². The van der Waals surface area contributed by atoms with Crippen LogP contribution < -0.4 is 10.5 Å². The maximum Gasteiger partial charge on any atom is 0.245 e. The minimum atomic E-state index is -2.12. The molecule has 176 valence electrons. The van der Waals surface area contributed by atoms with E-state index in [9.17, 15) is 4.79 Å². The van der Waals surface area contributed by atoms with Crippen LogP contribution in [0.5, 0.6) is 5.88 Å². The van der Waals surface area contributed by atoms with Gasteiger partial charge in [0, 0.05) is 4.88 Å². The van der Waals surface area contributed by atoms with Crippen LogP contribution in [0.2, 0.25) is 18.1 Å². The van der Waals surface area contributed by atoms with Crippen molar-refractivity contribution in [3.63, 3.8) is 0 Å². The molecule has 8 heteroatoms. The van der Waals surface area contributed by atoms with Gasteiger partial charge in [-0.15, -0.1) is 11.3 Å². The first-order chi connectivity index (χ1) is 15.1. The second kappa shape index (κ2) is 9.03. The van der Waals surface area contributed by atoms with Gasteiger partial charge in [-0.25, -0.2) is 9.97 Å². The van der Waals surface area contributed by atoms with Crippen molar-refractivity contribution < 1.29 is 14.0 Å². The molecule has 2 heterocycles. The Hall–Kier alpha value is -1.51. The molecule has 2 atom stereocenters. The fourth-order valence-electron chi connectivity index (χ4n) is 4.72. The summed E-state index contributed by atoms with van der Waals surface area (Å²) >= 11 is 1.74. The topological polar surface area (TPSA) is 87.3 Å². The maximum absolute atomic E-state index is 12.4. The Labute approximate surface area is 196 Å². The van der Waals surface area contributed by atoms with Crippen molar-refractivity contribution in [2.24, 2.45) is 5.73 Å². The second-order valence-electron chi connectivity index (χ2n) is 10.9. The molecule has 1 saturated carbocycles. The van der Waals surface area contributed by atoms with Crippen LogP contribution in [-0.2, 0) is 15.6 Å². The van der Waals surface area contributed by atoms with Crippen LogP contribution in [0.4, 0.5) is 0 Å². The number of nitrogens with two attached hydrogens (primary N) is 1. The van der Waals surface area contributed by atoms with E-state index < -0.39 is 14.4 Å². The Kier molecular flexibility index (Phi) is 6.67. The van der Waals surface area contributed by atoms with Crippen LogP contribution in [0.3, 0.4) is 0 Å². The first-order valence-corrected chi connectivity index (χ1v) is 15.7. The highest BCUT2D eigenvalue weighted by atomic mass is 32.1. The molecule has 0 saturated heterocycles. The van der Waals surface area contributed by atoms with Crippen molar-refractivity contribution in [3.8, 4) is 5.88 Å². The van der Waals surface area contributed by atoms with Crippen LogP contribution >= 0.6 is 11.3 Å². The van der Waals surface area contributed by atoms with Gasteiger partial charge in [0.1, 0.15) is 23.4 Å². The molecule has 2 aliphatic carbocycles. The van der Waals surface area contributed by atoms with Crippen molar-refractivity contribution in [1.29, 1.82) is 0 Å². The van der Waals surface area contributed by atoms with E-state index in [1.54, 1.807) is 17.7 Å². The predicted molar refractivity (Wildman–Crippen MR) is 132 cm³/mol. The minimum Gasteiger partial charge on any atom is -0.474 e. The Morgan fingerprint density at radius 1 is 1.22 bits per heavy atom. The van der Waals surface area contributed by atoms with Gasteiger partial charge in [-0.2, -0.15) is 0 Å². The quantitative estimate of drug-likeness (QED) is 0.519. The van der Waals surface area contributed by atoms with Crippen molar-refractivity contribution >= 4 is 35.8 Å². The number of nitrogens with zero attached hydrogens (tertiary/aromatic N) is 2. The van der Waals surface area contributed by atoms with Gasteiger partial charge >= 0.3 is 0 Å². The molecule has 1 amide bonds. The number of ether oxygens (including phenoxy) is 1. The molecular weight excluding hydrogens is 438 g/mol. The first kappa shape index (κ1) is 23.6. The Balaban J connectivity index is 1.62. The summed E-state index contributed by atoms with van der Waals surface area (Å²) < 4.78 is 12.9. The zero-order valence-electron chi connectivity index (χ0n) is 20.1. The fourth-order valence-corrected chi connectivity index (χ4v) is 7.23. The lowest BCUT2D eigenvalue weighted by atomic mass is 9.94. The number of primary amides is 1. The van der Waals surface area contributed by atoms with E-state index in [0.717, 1.165) is 35.9 Å².